The van der Waals surface area contributed by atoms with Crippen molar-refractivity contribution in [3.8, 4) is 11.3 Å². The molecule has 1 radical (unpaired) electrons. The molecular formula is C24H27N4O2. The Morgan fingerprint density at radius 1 is 1.13 bits per heavy atom. The highest BCUT2D eigenvalue weighted by Gasteiger charge is 2.28. The molecule has 1 amide bonds. The average Bonchev–Trinajstić information content (AvgIpc) is 2.72. The van der Waals surface area contributed by atoms with E-state index >= 15 is 0 Å². The van der Waals surface area contributed by atoms with Gasteiger partial charge >= 0.3 is 6.09 Å². The van der Waals surface area contributed by atoms with Crippen LogP contribution < -0.4 is 10.2 Å². The fraction of sp³-hybridized carbons (Fsp3) is 0.333. The van der Waals surface area contributed by atoms with Gasteiger partial charge in [-0.25, -0.2) is 14.8 Å². The third-order valence-electron chi connectivity index (χ3n) is 4.97. The van der Waals surface area contributed by atoms with Crippen LogP contribution in [0.15, 0.2) is 54.7 Å². The number of carbonyl (C=O) groups is 1. The molecule has 6 heteroatoms. The number of anilines is 1. The number of ether oxygens (including phenoxy) is 1. The number of aromatic nitrogens is 2. The van der Waals surface area contributed by atoms with Crippen molar-refractivity contribution in [2.75, 3.05) is 11.4 Å². The highest BCUT2D eigenvalue weighted by molar-refractivity contribution is 5.86. The van der Waals surface area contributed by atoms with Crippen molar-refractivity contribution in [1.82, 2.24) is 15.3 Å². The molecule has 1 saturated heterocycles. The quantitative estimate of drug-likeness (QED) is 0.670. The van der Waals surface area contributed by atoms with Crippen LogP contribution in [-0.2, 0) is 4.74 Å². The van der Waals surface area contributed by atoms with E-state index < -0.39 is 11.7 Å². The molecule has 3 aromatic rings. The maximum Gasteiger partial charge on any atom is 0.409 e. The Bertz CT molecular complexity index is 1040. The van der Waals surface area contributed by atoms with Gasteiger partial charge in [0, 0.05) is 18.3 Å². The molecule has 4 rings (SSSR count). The zero-order valence-electron chi connectivity index (χ0n) is 17.6. The second-order valence-electron chi connectivity index (χ2n) is 8.47. The summed E-state index contributed by atoms with van der Waals surface area (Å²) in [7, 11) is 0. The maximum absolute atomic E-state index is 12.3. The normalized spacial score (nSPS) is 17.0. The van der Waals surface area contributed by atoms with Gasteiger partial charge in [0.05, 0.1) is 5.69 Å². The summed E-state index contributed by atoms with van der Waals surface area (Å²) in [5, 5.41) is 5.33. The third-order valence-corrected chi connectivity index (χ3v) is 4.97. The summed E-state index contributed by atoms with van der Waals surface area (Å²) in [6, 6.07) is 16.5. The molecule has 0 aliphatic carbocycles. The van der Waals surface area contributed by atoms with Crippen molar-refractivity contribution in [2.24, 2.45) is 0 Å². The number of nitrogens with zero attached hydrogens (tertiary/aromatic N) is 3. The van der Waals surface area contributed by atoms with Crippen molar-refractivity contribution >= 4 is 22.8 Å². The first-order valence-corrected chi connectivity index (χ1v) is 10.3. The Hall–Kier alpha value is -3.15. The summed E-state index contributed by atoms with van der Waals surface area (Å²) in [5.41, 5.74) is 1.36. The van der Waals surface area contributed by atoms with Gasteiger partial charge < -0.3 is 15.0 Å². The Labute approximate surface area is 177 Å². The van der Waals surface area contributed by atoms with E-state index in [1.807, 2.05) is 43.9 Å². The van der Waals surface area contributed by atoms with Gasteiger partial charge in [-0.3, -0.25) is 0 Å². The summed E-state index contributed by atoms with van der Waals surface area (Å²) in [6.45, 7) is 6.30. The van der Waals surface area contributed by atoms with E-state index in [4.69, 9.17) is 9.72 Å². The smallest absolute Gasteiger partial charge is 0.409 e. The summed E-state index contributed by atoms with van der Waals surface area (Å²) < 4.78 is 5.43. The van der Waals surface area contributed by atoms with Crippen LogP contribution in [0.25, 0.3) is 22.0 Å². The maximum atomic E-state index is 12.3. The van der Waals surface area contributed by atoms with Crippen LogP contribution in [0.5, 0.6) is 0 Å². The third kappa shape index (κ3) is 4.70. The first-order valence-electron chi connectivity index (χ1n) is 10.3. The van der Waals surface area contributed by atoms with E-state index in [1.54, 1.807) is 6.20 Å². The van der Waals surface area contributed by atoms with Crippen LogP contribution >= 0.6 is 0 Å². The Balaban J connectivity index is 1.58. The average molecular weight is 404 g/mol. The van der Waals surface area contributed by atoms with Gasteiger partial charge in [-0.15, -0.1) is 0 Å². The molecule has 30 heavy (non-hydrogen) atoms. The van der Waals surface area contributed by atoms with Crippen LogP contribution in [0.4, 0.5) is 10.7 Å². The van der Waals surface area contributed by atoms with Gasteiger partial charge in [0.15, 0.2) is 0 Å². The number of piperidine rings is 1. The lowest BCUT2D eigenvalue weighted by Crippen LogP contribution is -2.52. The number of fused-ring (bicyclic) bond motifs is 1. The molecule has 1 aliphatic rings. The standard InChI is InChI=1S/C24H27N4O2/c1-24(2,3)30-23(29)27-21-10-6-7-15-28(21)22-25-14-13-20(26-22)19-12-11-17-8-4-5-9-18(17)16-19/h4-6,8-9,11-14,16,21H,7,10,15H2,1-3H3,(H,27,29)/t21-/m0/s1. The molecule has 1 N–H and O–H groups in total. The molecule has 0 bridgehead atoms. The van der Waals surface area contributed by atoms with Crippen LogP contribution in [0.2, 0.25) is 0 Å². The topological polar surface area (TPSA) is 67.3 Å². The van der Waals surface area contributed by atoms with Gasteiger partial charge in [0.2, 0.25) is 5.95 Å². The second-order valence-corrected chi connectivity index (χ2v) is 8.47. The van der Waals surface area contributed by atoms with E-state index in [0.29, 0.717) is 12.4 Å². The van der Waals surface area contributed by atoms with E-state index in [-0.39, 0.29) is 6.17 Å². The first kappa shape index (κ1) is 20.1. The number of hydrogen-bond acceptors (Lipinski definition) is 5. The molecule has 1 atom stereocenters. The summed E-state index contributed by atoms with van der Waals surface area (Å²) in [5.74, 6) is 0.606. The van der Waals surface area contributed by atoms with Crippen molar-refractivity contribution in [1.29, 1.82) is 0 Å². The van der Waals surface area contributed by atoms with Crippen molar-refractivity contribution in [3.05, 3.63) is 61.1 Å². The molecule has 2 aromatic carbocycles. The monoisotopic (exact) mass is 403 g/mol. The number of rotatable bonds is 3. The molecule has 1 aromatic heterocycles. The van der Waals surface area contributed by atoms with Gasteiger partial charge in [-0.1, -0.05) is 36.4 Å². The minimum absolute atomic E-state index is 0.236. The SMILES string of the molecule is CC(C)(C)OC(=O)N[C@@H]1C[CH]CCN1c1nccc(-c2ccc3ccccc3c2)n1. The molecule has 1 aliphatic heterocycles. The fourth-order valence-electron chi connectivity index (χ4n) is 3.61. The van der Waals surface area contributed by atoms with Gasteiger partial charge in [0.1, 0.15) is 11.8 Å². The minimum Gasteiger partial charge on any atom is -0.444 e. The zero-order chi connectivity index (χ0) is 21.1. The predicted octanol–water partition coefficient (Wildman–Crippen LogP) is 4.95. The van der Waals surface area contributed by atoms with Crippen LogP contribution in [-0.4, -0.2) is 34.4 Å². The number of nitrogens with one attached hydrogen (secondary N) is 1. The van der Waals surface area contributed by atoms with Crippen LogP contribution in [0.3, 0.4) is 0 Å². The highest BCUT2D eigenvalue weighted by Crippen LogP contribution is 2.26. The number of hydrogen-bond donors (Lipinski definition) is 1. The second kappa shape index (κ2) is 8.30. The summed E-state index contributed by atoms with van der Waals surface area (Å²) in [6.07, 6.45) is 4.90. The van der Waals surface area contributed by atoms with Crippen molar-refractivity contribution < 1.29 is 9.53 Å². The lowest BCUT2D eigenvalue weighted by molar-refractivity contribution is 0.0499. The highest BCUT2D eigenvalue weighted by atomic mass is 16.6. The number of carbonyl (C=O) groups excluding carboxylic acids is 1. The van der Waals surface area contributed by atoms with E-state index in [2.05, 4.69) is 47.1 Å². The lowest BCUT2D eigenvalue weighted by atomic mass is 10.0. The fourth-order valence-corrected chi connectivity index (χ4v) is 3.61. The zero-order valence-corrected chi connectivity index (χ0v) is 17.6. The van der Waals surface area contributed by atoms with Crippen molar-refractivity contribution in [2.45, 2.75) is 45.4 Å². The van der Waals surface area contributed by atoms with Crippen LogP contribution in [0.1, 0.15) is 33.6 Å². The largest absolute Gasteiger partial charge is 0.444 e. The minimum atomic E-state index is -0.542. The molecule has 6 nitrogen and oxygen atoms in total. The number of amides is 1. The summed E-state index contributed by atoms with van der Waals surface area (Å²) >= 11 is 0. The predicted molar refractivity (Wildman–Crippen MR) is 119 cm³/mol. The number of alkyl carbamates (subject to hydrolysis) is 1. The van der Waals surface area contributed by atoms with Crippen LogP contribution in [0, 0.1) is 6.42 Å². The van der Waals surface area contributed by atoms with Gasteiger partial charge in [-0.05, 0) is 62.9 Å². The Morgan fingerprint density at radius 3 is 2.73 bits per heavy atom. The van der Waals surface area contributed by atoms with E-state index in [9.17, 15) is 4.79 Å². The molecular weight excluding hydrogens is 376 g/mol. The lowest BCUT2D eigenvalue weighted by Gasteiger charge is -2.36. The first-order chi connectivity index (χ1) is 14.4. The molecule has 0 spiro atoms. The molecule has 155 valence electrons. The molecule has 2 heterocycles. The molecule has 1 fully saturated rings. The van der Waals surface area contributed by atoms with Gasteiger partial charge in [-0.2, -0.15) is 0 Å². The Morgan fingerprint density at radius 2 is 1.93 bits per heavy atom. The van der Waals surface area contributed by atoms with Gasteiger partial charge in [0.25, 0.3) is 0 Å². The van der Waals surface area contributed by atoms with E-state index in [0.717, 1.165) is 24.2 Å². The summed E-state index contributed by atoms with van der Waals surface area (Å²) in [4.78, 5) is 23.6. The molecule has 0 saturated carbocycles. The molecule has 0 unspecified atom stereocenters. The Kier molecular flexibility index (Phi) is 5.57. The van der Waals surface area contributed by atoms with Crippen molar-refractivity contribution in [3.63, 3.8) is 0 Å². The van der Waals surface area contributed by atoms with E-state index in [1.165, 1.54) is 10.8 Å². The number of benzene rings is 2.